The highest BCUT2D eigenvalue weighted by Gasteiger charge is 2.31. The Bertz CT molecular complexity index is 1720. The van der Waals surface area contributed by atoms with E-state index < -0.39 is 17.9 Å². The van der Waals surface area contributed by atoms with Crippen molar-refractivity contribution in [3.8, 4) is 22.5 Å². The van der Waals surface area contributed by atoms with Gasteiger partial charge in [0.25, 0.3) is 11.8 Å². The van der Waals surface area contributed by atoms with E-state index in [0.717, 1.165) is 33.4 Å². The number of amides is 2. The Labute approximate surface area is 221 Å². The summed E-state index contributed by atoms with van der Waals surface area (Å²) in [6.45, 7) is 1.84. The van der Waals surface area contributed by atoms with E-state index in [9.17, 15) is 14.0 Å². The Hall–Kier alpha value is -5.32. The summed E-state index contributed by atoms with van der Waals surface area (Å²) in [4.78, 5) is 34.1. The molecular formula is C28H21FN8O2. The number of nitrogens with zero attached hydrogens (tertiary/aromatic N) is 5. The number of carbonyl (C=O) groups excluding carboxylic acids is 2. The molecule has 1 aliphatic carbocycles. The molecule has 3 aromatic carbocycles. The van der Waals surface area contributed by atoms with E-state index in [0.29, 0.717) is 11.4 Å². The lowest BCUT2D eigenvalue weighted by Crippen LogP contribution is -2.30. The van der Waals surface area contributed by atoms with Crippen LogP contribution in [0.15, 0.2) is 73.1 Å². The van der Waals surface area contributed by atoms with Crippen LogP contribution in [0.3, 0.4) is 0 Å². The molecule has 0 bridgehead atoms. The van der Waals surface area contributed by atoms with Crippen LogP contribution < -0.4 is 10.6 Å². The van der Waals surface area contributed by atoms with Gasteiger partial charge in [-0.25, -0.2) is 14.4 Å². The summed E-state index contributed by atoms with van der Waals surface area (Å²) in [5.41, 5.74) is 5.93. The van der Waals surface area contributed by atoms with Crippen molar-refractivity contribution in [2.75, 3.05) is 0 Å². The number of carbonyl (C=O) groups is 2. The molecule has 1 atom stereocenters. The van der Waals surface area contributed by atoms with Gasteiger partial charge in [-0.05, 0) is 57.7 Å². The third kappa shape index (κ3) is 4.61. The molecule has 2 heterocycles. The van der Waals surface area contributed by atoms with Crippen molar-refractivity contribution in [2.24, 2.45) is 0 Å². The highest BCUT2D eigenvalue weighted by molar-refractivity contribution is 5.98. The van der Waals surface area contributed by atoms with E-state index in [1.54, 1.807) is 19.1 Å². The van der Waals surface area contributed by atoms with Crippen LogP contribution in [-0.2, 0) is 6.54 Å². The number of H-pyrrole nitrogens is 1. The Balaban J connectivity index is 1.21. The van der Waals surface area contributed by atoms with Crippen molar-refractivity contribution in [2.45, 2.75) is 19.5 Å². The normalized spacial score (nSPS) is 13.4. The van der Waals surface area contributed by atoms with Crippen molar-refractivity contribution in [3.05, 3.63) is 113 Å². The van der Waals surface area contributed by atoms with Crippen molar-refractivity contribution < 1.29 is 14.0 Å². The predicted molar refractivity (Wildman–Crippen MR) is 139 cm³/mol. The minimum absolute atomic E-state index is 0.0472. The maximum absolute atomic E-state index is 13.5. The van der Waals surface area contributed by atoms with Crippen LogP contribution in [0.5, 0.6) is 0 Å². The fraction of sp³-hybridized carbons (Fsp3) is 0.107. The molecular weight excluding hydrogens is 499 g/mol. The van der Waals surface area contributed by atoms with E-state index in [4.69, 9.17) is 0 Å². The van der Waals surface area contributed by atoms with Gasteiger partial charge < -0.3 is 10.6 Å². The molecule has 0 radical (unpaired) electrons. The van der Waals surface area contributed by atoms with Crippen LogP contribution in [0.25, 0.3) is 22.5 Å². The number of halogens is 1. The highest BCUT2D eigenvalue weighted by Crippen LogP contribution is 2.44. The summed E-state index contributed by atoms with van der Waals surface area (Å²) in [6, 6.07) is 19.2. The van der Waals surface area contributed by atoms with Crippen LogP contribution in [0.4, 0.5) is 4.39 Å². The standard InChI is InChI=1S/C28H21FN8O2/c1-15-10-16(6-9-22(15)29)13-30-27(38)23-12-24(32-14-31-23)28(39)33-25-19-5-3-2-4-18(19)21-11-17(7-8-20(21)25)26-34-36-37-35-26/h2-12,14,25H,13H2,1H3,(H,30,38)(H,33,39)(H,34,35,36,37)/t25-/m0/s1. The first-order valence-electron chi connectivity index (χ1n) is 12.1. The molecule has 3 N–H and O–H groups in total. The number of hydrogen-bond donors (Lipinski definition) is 3. The van der Waals surface area contributed by atoms with E-state index in [2.05, 4.69) is 41.2 Å². The zero-order valence-corrected chi connectivity index (χ0v) is 20.6. The van der Waals surface area contributed by atoms with Crippen LogP contribution in [0, 0.1) is 12.7 Å². The first-order valence-corrected chi connectivity index (χ1v) is 12.1. The molecule has 5 aromatic rings. The second kappa shape index (κ2) is 9.86. The molecule has 192 valence electrons. The molecule has 10 nitrogen and oxygen atoms in total. The number of fused-ring (bicyclic) bond motifs is 3. The van der Waals surface area contributed by atoms with Crippen molar-refractivity contribution in [3.63, 3.8) is 0 Å². The molecule has 0 saturated heterocycles. The maximum atomic E-state index is 13.5. The van der Waals surface area contributed by atoms with E-state index in [-0.39, 0.29) is 23.7 Å². The SMILES string of the molecule is Cc1cc(CNC(=O)c2cc(C(=O)N[C@H]3c4ccccc4-c4cc(-c5nn[nH]n5)ccc43)ncn2)ccc1F. The molecule has 0 saturated carbocycles. The lowest BCUT2D eigenvalue weighted by molar-refractivity contribution is 0.0938. The summed E-state index contributed by atoms with van der Waals surface area (Å²) >= 11 is 0. The van der Waals surface area contributed by atoms with Crippen LogP contribution in [-0.4, -0.2) is 42.4 Å². The van der Waals surface area contributed by atoms with Gasteiger partial charge in [0, 0.05) is 18.2 Å². The monoisotopic (exact) mass is 520 g/mol. The number of nitrogens with one attached hydrogen (secondary N) is 3. The number of aryl methyl sites for hydroxylation is 1. The Morgan fingerprint density at radius 2 is 1.72 bits per heavy atom. The molecule has 1 aliphatic rings. The van der Waals surface area contributed by atoms with Gasteiger partial charge in [0.05, 0.1) is 6.04 Å². The fourth-order valence-corrected chi connectivity index (χ4v) is 4.68. The largest absolute Gasteiger partial charge is 0.347 e. The van der Waals surface area contributed by atoms with Gasteiger partial charge in [0.2, 0.25) is 5.82 Å². The molecule has 0 unspecified atom stereocenters. The number of tetrazole rings is 1. The van der Waals surface area contributed by atoms with E-state index in [1.807, 2.05) is 42.5 Å². The van der Waals surface area contributed by atoms with Gasteiger partial charge in [-0.2, -0.15) is 5.21 Å². The maximum Gasteiger partial charge on any atom is 0.270 e. The van der Waals surface area contributed by atoms with Gasteiger partial charge in [0.15, 0.2) is 0 Å². The molecule has 2 amide bonds. The second-order valence-corrected chi connectivity index (χ2v) is 9.09. The average molecular weight is 521 g/mol. The van der Waals surface area contributed by atoms with E-state index in [1.165, 1.54) is 18.5 Å². The third-order valence-corrected chi connectivity index (χ3v) is 6.61. The molecule has 0 aliphatic heterocycles. The first-order chi connectivity index (χ1) is 19.0. The summed E-state index contributed by atoms with van der Waals surface area (Å²) < 4.78 is 13.5. The Morgan fingerprint density at radius 3 is 2.51 bits per heavy atom. The van der Waals surface area contributed by atoms with Crippen molar-refractivity contribution in [1.29, 1.82) is 0 Å². The number of aromatic nitrogens is 6. The zero-order chi connectivity index (χ0) is 26.9. The minimum atomic E-state index is -0.473. The summed E-state index contributed by atoms with van der Waals surface area (Å²) in [5.74, 6) is -0.755. The zero-order valence-electron chi connectivity index (χ0n) is 20.6. The van der Waals surface area contributed by atoms with Crippen LogP contribution in [0.2, 0.25) is 0 Å². The van der Waals surface area contributed by atoms with Gasteiger partial charge in [0.1, 0.15) is 23.5 Å². The third-order valence-electron chi connectivity index (χ3n) is 6.61. The fourth-order valence-electron chi connectivity index (χ4n) is 4.68. The molecule has 2 aromatic heterocycles. The summed E-state index contributed by atoms with van der Waals surface area (Å²) in [7, 11) is 0. The van der Waals surface area contributed by atoms with Crippen LogP contribution >= 0.6 is 0 Å². The number of rotatable bonds is 6. The smallest absolute Gasteiger partial charge is 0.270 e. The molecule has 6 rings (SSSR count). The van der Waals surface area contributed by atoms with Crippen LogP contribution in [0.1, 0.15) is 49.3 Å². The Kier molecular flexibility index (Phi) is 6.08. The number of benzene rings is 3. The molecule has 39 heavy (non-hydrogen) atoms. The lowest BCUT2D eigenvalue weighted by atomic mass is 10.0. The number of aromatic amines is 1. The first kappa shape index (κ1) is 24.0. The average Bonchev–Trinajstić information content (AvgIpc) is 3.61. The predicted octanol–water partition coefficient (Wildman–Crippen LogP) is 3.53. The summed E-state index contributed by atoms with van der Waals surface area (Å²) in [6.07, 6.45) is 1.18. The van der Waals surface area contributed by atoms with Crippen molar-refractivity contribution >= 4 is 11.8 Å². The minimum Gasteiger partial charge on any atom is -0.347 e. The van der Waals surface area contributed by atoms with Gasteiger partial charge in [-0.1, -0.05) is 48.5 Å². The second-order valence-electron chi connectivity index (χ2n) is 9.09. The van der Waals surface area contributed by atoms with Crippen molar-refractivity contribution in [1.82, 2.24) is 41.2 Å². The Morgan fingerprint density at radius 1 is 0.923 bits per heavy atom. The lowest BCUT2D eigenvalue weighted by Gasteiger charge is -2.16. The highest BCUT2D eigenvalue weighted by atomic mass is 19.1. The quantitative estimate of drug-likeness (QED) is 0.311. The van der Waals surface area contributed by atoms with E-state index >= 15 is 0 Å². The topological polar surface area (TPSA) is 138 Å². The van der Waals surface area contributed by atoms with Gasteiger partial charge >= 0.3 is 0 Å². The molecule has 0 fully saturated rings. The molecule has 11 heteroatoms. The number of hydrogen-bond acceptors (Lipinski definition) is 7. The van der Waals surface area contributed by atoms with Gasteiger partial charge in [-0.15, -0.1) is 10.2 Å². The van der Waals surface area contributed by atoms with Gasteiger partial charge in [-0.3, -0.25) is 9.59 Å². The molecule has 0 spiro atoms. The summed E-state index contributed by atoms with van der Waals surface area (Å²) in [5, 5.41) is 20.0.